The standard InChI is InChI=1S/C15H24N2O2/c1-18-12-5-6-13(15(9-12)19-2)14(16)8-11-4-3-7-17-10-11/h5-6,9,11,14,17H,3-4,7-8,10,16H2,1-2H3. The molecule has 1 fully saturated rings. The molecule has 1 heterocycles. The third-order valence-electron chi connectivity index (χ3n) is 3.83. The van der Waals surface area contributed by atoms with Crippen LogP contribution in [0.3, 0.4) is 0 Å². The highest BCUT2D eigenvalue weighted by molar-refractivity contribution is 5.42. The van der Waals surface area contributed by atoms with Crippen LogP contribution in [0.2, 0.25) is 0 Å². The van der Waals surface area contributed by atoms with E-state index in [-0.39, 0.29) is 6.04 Å². The van der Waals surface area contributed by atoms with Crippen LogP contribution in [0.15, 0.2) is 18.2 Å². The molecule has 0 amide bonds. The van der Waals surface area contributed by atoms with E-state index in [0.717, 1.165) is 36.6 Å². The van der Waals surface area contributed by atoms with Crippen molar-refractivity contribution < 1.29 is 9.47 Å². The molecule has 4 nitrogen and oxygen atoms in total. The molecule has 1 aliphatic rings. The summed E-state index contributed by atoms with van der Waals surface area (Å²) in [5.41, 5.74) is 7.41. The summed E-state index contributed by atoms with van der Waals surface area (Å²) in [4.78, 5) is 0. The number of hydrogen-bond acceptors (Lipinski definition) is 4. The van der Waals surface area contributed by atoms with E-state index in [9.17, 15) is 0 Å². The molecule has 19 heavy (non-hydrogen) atoms. The first-order valence-electron chi connectivity index (χ1n) is 6.92. The number of benzene rings is 1. The quantitative estimate of drug-likeness (QED) is 0.855. The Morgan fingerprint density at radius 3 is 2.84 bits per heavy atom. The van der Waals surface area contributed by atoms with Crippen LogP contribution >= 0.6 is 0 Å². The van der Waals surface area contributed by atoms with Crippen molar-refractivity contribution in [2.24, 2.45) is 11.7 Å². The summed E-state index contributed by atoms with van der Waals surface area (Å²) in [6.07, 6.45) is 3.51. The maximum absolute atomic E-state index is 6.35. The molecule has 0 aliphatic carbocycles. The van der Waals surface area contributed by atoms with Crippen LogP contribution < -0.4 is 20.5 Å². The van der Waals surface area contributed by atoms with Gasteiger partial charge in [0.25, 0.3) is 0 Å². The molecule has 1 aromatic carbocycles. The molecule has 0 radical (unpaired) electrons. The molecular weight excluding hydrogens is 240 g/mol. The molecule has 1 saturated heterocycles. The lowest BCUT2D eigenvalue weighted by Gasteiger charge is -2.26. The van der Waals surface area contributed by atoms with E-state index in [4.69, 9.17) is 15.2 Å². The van der Waals surface area contributed by atoms with E-state index >= 15 is 0 Å². The van der Waals surface area contributed by atoms with Crippen LogP contribution in [-0.2, 0) is 0 Å². The monoisotopic (exact) mass is 264 g/mol. The molecule has 4 heteroatoms. The molecule has 0 saturated carbocycles. The Morgan fingerprint density at radius 2 is 2.21 bits per heavy atom. The first kappa shape index (κ1) is 14.2. The smallest absolute Gasteiger partial charge is 0.127 e. The Kier molecular flexibility index (Phi) is 5.05. The lowest BCUT2D eigenvalue weighted by molar-refractivity contribution is 0.331. The van der Waals surface area contributed by atoms with Crippen LogP contribution in [0.25, 0.3) is 0 Å². The number of methoxy groups -OCH3 is 2. The Labute approximate surface area is 115 Å². The second-order valence-corrected chi connectivity index (χ2v) is 5.16. The second-order valence-electron chi connectivity index (χ2n) is 5.16. The van der Waals surface area contributed by atoms with Crippen molar-refractivity contribution in [2.75, 3.05) is 27.3 Å². The molecule has 0 spiro atoms. The van der Waals surface area contributed by atoms with Crippen molar-refractivity contribution in [3.63, 3.8) is 0 Å². The summed E-state index contributed by atoms with van der Waals surface area (Å²) in [5, 5.41) is 3.43. The number of nitrogens with two attached hydrogens (primary N) is 1. The van der Waals surface area contributed by atoms with Gasteiger partial charge in [0.2, 0.25) is 0 Å². The fourth-order valence-electron chi connectivity index (χ4n) is 2.74. The number of hydrogen-bond donors (Lipinski definition) is 2. The van der Waals surface area contributed by atoms with E-state index in [1.165, 1.54) is 12.8 Å². The molecule has 3 N–H and O–H groups in total. The van der Waals surface area contributed by atoms with Gasteiger partial charge in [-0.15, -0.1) is 0 Å². The fourth-order valence-corrected chi connectivity index (χ4v) is 2.74. The summed E-state index contributed by atoms with van der Waals surface area (Å²) in [6, 6.07) is 5.87. The van der Waals surface area contributed by atoms with Crippen LogP contribution in [0.5, 0.6) is 11.5 Å². The first-order chi connectivity index (χ1) is 9.24. The van der Waals surface area contributed by atoms with Gasteiger partial charge in [0, 0.05) is 17.7 Å². The van der Waals surface area contributed by atoms with Crippen molar-refractivity contribution in [3.05, 3.63) is 23.8 Å². The zero-order valence-electron chi connectivity index (χ0n) is 11.8. The molecule has 1 aromatic rings. The van der Waals surface area contributed by atoms with Crippen molar-refractivity contribution in [1.82, 2.24) is 5.32 Å². The Hall–Kier alpha value is -1.26. The molecule has 1 aliphatic heterocycles. The third-order valence-corrected chi connectivity index (χ3v) is 3.83. The molecule has 106 valence electrons. The van der Waals surface area contributed by atoms with Gasteiger partial charge < -0.3 is 20.5 Å². The van der Waals surface area contributed by atoms with Gasteiger partial charge in [-0.25, -0.2) is 0 Å². The summed E-state index contributed by atoms with van der Waals surface area (Å²) < 4.78 is 10.6. The van der Waals surface area contributed by atoms with Gasteiger partial charge >= 0.3 is 0 Å². The highest BCUT2D eigenvalue weighted by atomic mass is 16.5. The van der Waals surface area contributed by atoms with Gasteiger partial charge in [-0.1, -0.05) is 6.07 Å². The van der Waals surface area contributed by atoms with E-state index in [0.29, 0.717) is 5.92 Å². The van der Waals surface area contributed by atoms with Gasteiger partial charge in [0.1, 0.15) is 11.5 Å². The topological polar surface area (TPSA) is 56.5 Å². The normalized spacial score (nSPS) is 20.9. The molecular formula is C15H24N2O2. The zero-order chi connectivity index (χ0) is 13.7. The van der Waals surface area contributed by atoms with Crippen molar-refractivity contribution in [3.8, 4) is 11.5 Å². The highest BCUT2D eigenvalue weighted by Crippen LogP contribution is 2.32. The Balaban J connectivity index is 2.06. The SMILES string of the molecule is COc1ccc(C(N)CC2CCCNC2)c(OC)c1. The molecule has 0 bridgehead atoms. The second kappa shape index (κ2) is 6.78. The van der Waals surface area contributed by atoms with Crippen molar-refractivity contribution in [1.29, 1.82) is 0 Å². The number of ether oxygens (including phenoxy) is 2. The summed E-state index contributed by atoms with van der Waals surface area (Å²) in [5.74, 6) is 2.28. The van der Waals surface area contributed by atoms with E-state index in [1.807, 2.05) is 18.2 Å². The molecule has 2 rings (SSSR count). The summed E-state index contributed by atoms with van der Waals surface area (Å²) in [7, 11) is 3.33. The van der Waals surface area contributed by atoms with E-state index in [1.54, 1.807) is 14.2 Å². The minimum absolute atomic E-state index is 0.0192. The average molecular weight is 264 g/mol. The lowest BCUT2D eigenvalue weighted by atomic mass is 9.89. The fraction of sp³-hybridized carbons (Fsp3) is 0.600. The van der Waals surface area contributed by atoms with Gasteiger partial charge in [-0.3, -0.25) is 0 Å². The maximum atomic E-state index is 6.35. The maximum Gasteiger partial charge on any atom is 0.127 e. The van der Waals surface area contributed by atoms with Crippen LogP contribution in [0.4, 0.5) is 0 Å². The predicted molar refractivity (Wildman–Crippen MR) is 76.7 cm³/mol. The first-order valence-corrected chi connectivity index (χ1v) is 6.92. The van der Waals surface area contributed by atoms with Crippen LogP contribution in [-0.4, -0.2) is 27.3 Å². The molecule has 2 unspecified atom stereocenters. The lowest BCUT2D eigenvalue weighted by Crippen LogP contribution is -2.31. The van der Waals surface area contributed by atoms with E-state index in [2.05, 4.69) is 5.32 Å². The number of piperidine rings is 1. The number of nitrogens with one attached hydrogen (secondary N) is 1. The van der Waals surface area contributed by atoms with Gasteiger partial charge in [0.15, 0.2) is 0 Å². The highest BCUT2D eigenvalue weighted by Gasteiger charge is 2.20. The molecule has 2 atom stereocenters. The number of rotatable bonds is 5. The summed E-state index contributed by atoms with van der Waals surface area (Å²) >= 11 is 0. The predicted octanol–water partition coefficient (Wildman–Crippen LogP) is 2.09. The molecule has 0 aromatic heterocycles. The average Bonchev–Trinajstić information content (AvgIpc) is 2.47. The largest absolute Gasteiger partial charge is 0.497 e. The van der Waals surface area contributed by atoms with Gasteiger partial charge in [0.05, 0.1) is 14.2 Å². The summed E-state index contributed by atoms with van der Waals surface area (Å²) in [6.45, 7) is 2.21. The van der Waals surface area contributed by atoms with Crippen molar-refractivity contribution >= 4 is 0 Å². The van der Waals surface area contributed by atoms with Crippen LogP contribution in [0.1, 0.15) is 30.9 Å². The van der Waals surface area contributed by atoms with E-state index < -0.39 is 0 Å². The Morgan fingerprint density at radius 1 is 1.37 bits per heavy atom. The van der Waals surface area contributed by atoms with Crippen LogP contribution in [0, 0.1) is 5.92 Å². The minimum atomic E-state index is 0.0192. The minimum Gasteiger partial charge on any atom is -0.497 e. The third kappa shape index (κ3) is 3.61. The van der Waals surface area contributed by atoms with Gasteiger partial charge in [-0.05, 0) is 44.3 Å². The zero-order valence-corrected chi connectivity index (χ0v) is 11.8. The Bertz CT molecular complexity index is 403. The van der Waals surface area contributed by atoms with Crippen molar-refractivity contribution in [2.45, 2.75) is 25.3 Å². The van der Waals surface area contributed by atoms with Gasteiger partial charge in [-0.2, -0.15) is 0 Å².